The monoisotopic (exact) mass is 849 g/mol. The van der Waals surface area contributed by atoms with Crippen LogP contribution in [0, 0.1) is 6.92 Å². The average molecular weight is 850 g/mol. The van der Waals surface area contributed by atoms with Gasteiger partial charge in [0.05, 0.1) is 44.6 Å². The summed E-state index contributed by atoms with van der Waals surface area (Å²) < 4.78 is 110. The molecule has 0 aromatic heterocycles. The number of anilines is 3. The van der Waals surface area contributed by atoms with Gasteiger partial charge in [-0.1, -0.05) is 18.2 Å². The summed E-state index contributed by atoms with van der Waals surface area (Å²) >= 11 is 0. The molecule has 2 N–H and O–H groups in total. The summed E-state index contributed by atoms with van der Waals surface area (Å²) in [6, 6.07) is 23.7. The standard InChI is InChI=1S/C36H29N7O11S3.3Li/c1-21-15-26(11-13-31(21)41-42-32-14-12-27(20-33(32)54-2)39-38-25-6-4-8-29(18-25)56(48,49)50)40-43-35-34(57(51,52)53)16-22-9-10-24(19-30(22)36(35)44)37-23-5-3-7-28(17-23)55(45,46)47;;;/h3-20,37,40H,1-2H3,(H,45,46,47)(H,48,49,50)(H,51,52,53);;;/q;3*+1/p-3. The molecular weight excluding hydrogens is 823 g/mol. The largest absolute Gasteiger partial charge is 1.00 e. The van der Waals surface area contributed by atoms with E-state index in [9.17, 15) is 43.7 Å². The van der Waals surface area contributed by atoms with E-state index in [0.29, 0.717) is 28.3 Å². The van der Waals surface area contributed by atoms with Crippen LogP contribution in [0.2, 0.25) is 0 Å². The number of hydrogen-bond donors (Lipinski definition) is 2. The second-order valence-corrected chi connectivity index (χ2v) is 16.1. The number of fused-ring (bicyclic) bond motifs is 1. The third kappa shape index (κ3) is 12.2. The first kappa shape index (κ1) is 49.7. The van der Waals surface area contributed by atoms with Gasteiger partial charge >= 0.3 is 56.6 Å². The number of hydrogen-bond acceptors (Lipinski definition) is 18. The molecule has 0 aliphatic heterocycles. The summed E-state index contributed by atoms with van der Waals surface area (Å²) in [7, 11) is -13.2. The number of nitrogens with one attached hydrogen (secondary N) is 2. The second-order valence-electron chi connectivity index (χ2n) is 12.0. The fraction of sp³-hybridized carbons (Fsp3) is 0.0556. The van der Waals surface area contributed by atoms with Gasteiger partial charge in [-0.05, 0) is 103 Å². The minimum absolute atomic E-state index is 0. The van der Waals surface area contributed by atoms with Gasteiger partial charge in [-0.2, -0.15) is 20.4 Å². The van der Waals surface area contributed by atoms with E-state index in [2.05, 4.69) is 36.3 Å². The first-order valence-electron chi connectivity index (χ1n) is 16.1. The Bertz CT molecular complexity index is 2930. The summed E-state index contributed by atoms with van der Waals surface area (Å²) in [6.45, 7) is 1.70. The summed E-state index contributed by atoms with van der Waals surface area (Å²) in [5, 5.41) is 23.4. The van der Waals surface area contributed by atoms with Crippen molar-refractivity contribution >= 4 is 87.7 Å². The van der Waals surface area contributed by atoms with E-state index in [1.165, 1.54) is 61.7 Å². The van der Waals surface area contributed by atoms with Crippen molar-refractivity contribution < 1.29 is 105 Å². The molecule has 0 bridgehead atoms. The number of azo groups is 2. The first-order valence-corrected chi connectivity index (χ1v) is 20.3. The topological polar surface area (TPSA) is 284 Å². The van der Waals surface area contributed by atoms with E-state index in [1.807, 2.05) is 0 Å². The van der Waals surface area contributed by atoms with Crippen molar-refractivity contribution in [2.45, 2.75) is 16.7 Å². The summed E-state index contributed by atoms with van der Waals surface area (Å²) in [5.74, 6) is -0.609. The molecule has 0 unspecified atom stereocenters. The van der Waals surface area contributed by atoms with Gasteiger partial charge in [0.1, 0.15) is 47.5 Å². The Balaban J connectivity index is 0.00000320. The van der Waals surface area contributed by atoms with Gasteiger partial charge in [0.15, 0.2) is 0 Å². The van der Waals surface area contributed by atoms with Crippen LogP contribution in [0.25, 0.3) is 6.08 Å². The van der Waals surface area contributed by atoms with Crippen LogP contribution in [0.1, 0.15) is 21.5 Å². The van der Waals surface area contributed by atoms with Crippen LogP contribution >= 0.6 is 0 Å². The van der Waals surface area contributed by atoms with Crippen LogP contribution in [-0.4, -0.2) is 57.5 Å². The number of allylic oxidation sites excluding steroid dienone is 1. The third-order valence-corrected chi connectivity index (χ3v) is 10.5. The van der Waals surface area contributed by atoms with Crippen molar-refractivity contribution in [2.24, 2.45) is 25.6 Å². The summed E-state index contributed by atoms with van der Waals surface area (Å²) in [5.41, 5.74) is 4.65. The van der Waals surface area contributed by atoms with E-state index < -0.39 is 56.5 Å². The summed E-state index contributed by atoms with van der Waals surface area (Å²) in [4.78, 5) is 11.8. The molecule has 5 aromatic rings. The summed E-state index contributed by atoms with van der Waals surface area (Å²) in [6.07, 6.45) is 1.02. The number of ketones is 1. The number of hydrazone groups is 1. The molecule has 0 heterocycles. The molecule has 1 aliphatic carbocycles. The van der Waals surface area contributed by atoms with Crippen molar-refractivity contribution in [1.82, 2.24) is 0 Å². The molecule has 1 aliphatic rings. The SMILES string of the molecule is COc1cc(N=Nc2cccc(S(=O)(=O)[O-])c2)ccc1N=Nc1ccc(NN=C2C(=O)c3cc(Nc4cccc(S(=O)(=O)[O-])c4)ccc3C=C2S(=O)(=O)[O-])cc1C.[Li+].[Li+].[Li+]. The van der Waals surface area contributed by atoms with Crippen LogP contribution in [0.4, 0.5) is 39.8 Å². The zero-order valence-electron chi connectivity index (χ0n) is 32.3. The molecular formula is C36H26Li3N7O11S3. The molecule has 60 heavy (non-hydrogen) atoms. The van der Waals surface area contributed by atoms with Crippen LogP contribution in [0.15, 0.2) is 143 Å². The van der Waals surface area contributed by atoms with Crippen LogP contribution in [0.3, 0.4) is 0 Å². The number of nitrogens with zero attached hydrogens (tertiary/aromatic N) is 5. The Morgan fingerprint density at radius 1 is 0.600 bits per heavy atom. The molecule has 0 saturated heterocycles. The first-order chi connectivity index (χ1) is 26.9. The number of carbonyl (C=O) groups excluding carboxylic acids is 1. The number of benzene rings is 5. The molecule has 292 valence electrons. The fourth-order valence-corrected chi connectivity index (χ4v) is 6.96. The van der Waals surface area contributed by atoms with E-state index in [4.69, 9.17) is 4.74 Å². The van der Waals surface area contributed by atoms with Gasteiger partial charge in [0.25, 0.3) is 0 Å². The number of methoxy groups -OCH3 is 1. The van der Waals surface area contributed by atoms with Gasteiger partial charge < -0.3 is 23.7 Å². The number of Topliss-reactive ketones (excluding diaryl/α,β-unsaturated/α-hetero) is 1. The molecule has 18 nitrogen and oxygen atoms in total. The quantitative estimate of drug-likeness (QED) is 0.0593. The number of ether oxygens (including phenoxy) is 1. The zero-order valence-corrected chi connectivity index (χ0v) is 34.8. The molecule has 0 radical (unpaired) electrons. The molecule has 0 atom stereocenters. The minimum atomic E-state index is -5.17. The fourth-order valence-electron chi connectivity index (χ4n) is 5.29. The van der Waals surface area contributed by atoms with Crippen molar-refractivity contribution in [3.8, 4) is 5.75 Å². The maximum absolute atomic E-state index is 13.6. The Kier molecular flexibility index (Phi) is 16.8. The van der Waals surface area contributed by atoms with Crippen molar-refractivity contribution in [3.63, 3.8) is 0 Å². The van der Waals surface area contributed by atoms with Crippen LogP contribution in [0.5, 0.6) is 5.75 Å². The van der Waals surface area contributed by atoms with Gasteiger partial charge in [-0.15, -0.1) is 5.11 Å². The van der Waals surface area contributed by atoms with Crippen LogP contribution in [-0.2, 0) is 30.4 Å². The normalized spacial score (nSPS) is 13.4. The van der Waals surface area contributed by atoms with Crippen LogP contribution < -0.4 is 72.1 Å². The maximum Gasteiger partial charge on any atom is 1.00 e. The van der Waals surface area contributed by atoms with Crippen molar-refractivity contribution in [1.29, 1.82) is 0 Å². The maximum atomic E-state index is 13.6. The van der Waals surface area contributed by atoms with Gasteiger partial charge in [-0.25, -0.2) is 25.3 Å². The Hall–Kier alpha value is -4.70. The zero-order chi connectivity index (χ0) is 41.1. The second kappa shape index (κ2) is 20.2. The predicted molar refractivity (Wildman–Crippen MR) is 204 cm³/mol. The van der Waals surface area contributed by atoms with Gasteiger partial charge in [0.2, 0.25) is 5.78 Å². The average Bonchev–Trinajstić information content (AvgIpc) is 3.16. The number of carbonyl (C=O) groups is 1. The van der Waals surface area contributed by atoms with Gasteiger partial charge in [0, 0.05) is 23.0 Å². The molecule has 0 saturated carbocycles. The van der Waals surface area contributed by atoms with Crippen molar-refractivity contribution in [2.75, 3.05) is 17.9 Å². The minimum Gasteiger partial charge on any atom is -0.744 e. The number of aryl methyl sites for hydroxylation is 1. The Labute approximate surface area is 380 Å². The molecule has 0 spiro atoms. The van der Waals surface area contributed by atoms with E-state index >= 15 is 0 Å². The smallest absolute Gasteiger partial charge is 0.744 e. The molecule has 24 heteroatoms. The van der Waals surface area contributed by atoms with E-state index in [-0.39, 0.29) is 90.5 Å². The van der Waals surface area contributed by atoms with E-state index in [0.717, 1.165) is 30.3 Å². The molecule has 6 rings (SSSR count). The Morgan fingerprint density at radius 3 is 1.82 bits per heavy atom. The van der Waals surface area contributed by atoms with Gasteiger partial charge in [-0.3, -0.25) is 10.2 Å². The third-order valence-electron chi connectivity index (χ3n) is 8.02. The Morgan fingerprint density at radius 2 is 1.18 bits per heavy atom. The molecule has 5 aromatic carbocycles. The van der Waals surface area contributed by atoms with E-state index in [1.54, 1.807) is 31.2 Å². The predicted octanol–water partition coefficient (Wildman–Crippen LogP) is -2.05. The molecule has 0 fully saturated rings. The molecule has 0 amide bonds. The van der Waals surface area contributed by atoms with Crippen molar-refractivity contribution in [3.05, 3.63) is 125 Å². The number of rotatable bonds is 12.